The molecule has 0 bridgehead atoms. The molecule has 2 aliphatic heterocycles. The fourth-order valence-electron chi connectivity index (χ4n) is 3.87. The number of nitriles is 1. The third kappa shape index (κ3) is 3.65. The highest BCUT2D eigenvalue weighted by atomic mass is 19.1. The number of halogens is 1. The van der Waals surface area contributed by atoms with E-state index in [0.717, 1.165) is 38.0 Å². The summed E-state index contributed by atoms with van der Waals surface area (Å²) in [6, 6.07) is 13.9. The van der Waals surface area contributed by atoms with Gasteiger partial charge in [-0.1, -0.05) is 12.1 Å². The predicted octanol–water partition coefficient (Wildman–Crippen LogP) is 3.48. The van der Waals surface area contributed by atoms with Crippen molar-refractivity contribution in [1.82, 2.24) is 4.90 Å². The van der Waals surface area contributed by atoms with E-state index in [2.05, 4.69) is 6.07 Å². The molecule has 0 N–H and O–H groups in total. The smallest absolute Gasteiger partial charge is 0.265 e. The van der Waals surface area contributed by atoms with E-state index in [9.17, 15) is 9.18 Å². The first-order valence-electron chi connectivity index (χ1n) is 9.63. The van der Waals surface area contributed by atoms with Gasteiger partial charge in [0.1, 0.15) is 11.6 Å². The van der Waals surface area contributed by atoms with E-state index in [0.29, 0.717) is 23.4 Å². The van der Waals surface area contributed by atoms with Crippen LogP contribution in [0.25, 0.3) is 0 Å². The van der Waals surface area contributed by atoms with Crippen LogP contribution in [0.1, 0.15) is 30.4 Å². The summed E-state index contributed by atoms with van der Waals surface area (Å²) in [4.78, 5) is 16.8. The Bertz CT molecular complexity index is 918. The molecule has 144 valence electrons. The Morgan fingerprint density at radius 1 is 1.18 bits per heavy atom. The Balaban J connectivity index is 1.61. The number of likely N-dealkylation sites (tertiary alicyclic amines) is 1. The van der Waals surface area contributed by atoms with Crippen LogP contribution in [0.4, 0.5) is 10.1 Å². The molecule has 2 aromatic rings. The fourth-order valence-corrected chi connectivity index (χ4v) is 3.87. The van der Waals surface area contributed by atoms with Gasteiger partial charge in [-0.3, -0.25) is 4.79 Å². The summed E-state index contributed by atoms with van der Waals surface area (Å²) in [7, 11) is 0. The van der Waals surface area contributed by atoms with Crippen molar-refractivity contribution in [2.24, 2.45) is 0 Å². The molecule has 0 saturated carbocycles. The third-order valence-corrected chi connectivity index (χ3v) is 5.34. The van der Waals surface area contributed by atoms with Crippen molar-refractivity contribution >= 4 is 11.6 Å². The molecule has 2 aromatic carbocycles. The standard InChI is InChI=1S/C22H22FN3O2/c23-18-9-8-16(13-24)12-17(18)14-26-15-21(22(27)25-10-4-1-5-11-25)28-20-7-3-2-6-19(20)26/h2-3,6-9,12,21H,1,4-5,10-11,14-15H2/t21-/m0/s1. The van der Waals surface area contributed by atoms with Crippen molar-refractivity contribution in [3.05, 3.63) is 59.4 Å². The van der Waals surface area contributed by atoms with Gasteiger partial charge in [-0.05, 0) is 49.6 Å². The number of hydrogen-bond donors (Lipinski definition) is 0. The summed E-state index contributed by atoms with van der Waals surface area (Å²) in [5, 5.41) is 9.12. The van der Waals surface area contributed by atoms with Crippen molar-refractivity contribution in [1.29, 1.82) is 5.26 Å². The zero-order valence-corrected chi connectivity index (χ0v) is 15.6. The Hall–Kier alpha value is -3.07. The van der Waals surface area contributed by atoms with Gasteiger partial charge in [-0.25, -0.2) is 4.39 Å². The minimum atomic E-state index is -0.616. The Labute approximate surface area is 163 Å². The van der Waals surface area contributed by atoms with Crippen LogP contribution in [-0.2, 0) is 11.3 Å². The van der Waals surface area contributed by atoms with Crippen molar-refractivity contribution in [3.8, 4) is 11.8 Å². The highest BCUT2D eigenvalue weighted by Gasteiger charge is 2.34. The number of anilines is 1. The molecule has 0 aliphatic carbocycles. The molecule has 1 saturated heterocycles. The maximum atomic E-state index is 14.3. The average Bonchev–Trinajstić information content (AvgIpc) is 2.75. The highest BCUT2D eigenvalue weighted by Crippen LogP contribution is 2.35. The molecule has 6 heteroatoms. The monoisotopic (exact) mass is 379 g/mol. The number of hydrogen-bond acceptors (Lipinski definition) is 4. The number of nitrogens with zero attached hydrogens (tertiary/aromatic N) is 3. The lowest BCUT2D eigenvalue weighted by Gasteiger charge is -2.38. The van der Waals surface area contributed by atoms with Gasteiger partial charge in [0.25, 0.3) is 5.91 Å². The van der Waals surface area contributed by atoms with Gasteiger partial charge in [-0.2, -0.15) is 5.26 Å². The molecule has 0 radical (unpaired) electrons. The van der Waals surface area contributed by atoms with E-state index in [1.807, 2.05) is 34.1 Å². The van der Waals surface area contributed by atoms with E-state index < -0.39 is 6.10 Å². The molecule has 2 heterocycles. The van der Waals surface area contributed by atoms with Crippen molar-refractivity contribution < 1.29 is 13.9 Å². The van der Waals surface area contributed by atoms with Crippen LogP contribution in [-0.4, -0.2) is 36.5 Å². The second kappa shape index (κ2) is 7.89. The quantitative estimate of drug-likeness (QED) is 0.819. The van der Waals surface area contributed by atoms with Gasteiger partial charge in [0.15, 0.2) is 6.10 Å². The Morgan fingerprint density at radius 3 is 2.75 bits per heavy atom. The summed E-state index contributed by atoms with van der Waals surface area (Å²) in [5.74, 6) is 0.258. The molecule has 2 aliphatic rings. The van der Waals surface area contributed by atoms with E-state index in [-0.39, 0.29) is 18.3 Å². The Morgan fingerprint density at radius 2 is 1.96 bits per heavy atom. The van der Waals surface area contributed by atoms with Crippen molar-refractivity contribution in [3.63, 3.8) is 0 Å². The van der Waals surface area contributed by atoms with Crippen LogP contribution in [0.3, 0.4) is 0 Å². The normalized spacial score (nSPS) is 18.8. The first-order valence-corrected chi connectivity index (χ1v) is 9.63. The zero-order chi connectivity index (χ0) is 19.5. The van der Waals surface area contributed by atoms with Crippen molar-refractivity contribution in [2.75, 3.05) is 24.5 Å². The number of carbonyl (C=O) groups is 1. The first-order chi connectivity index (χ1) is 13.7. The number of benzene rings is 2. The zero-order valence-electron chi connectivity index (χ0n) is 15.6. The van der Waals surface area contributed by atoms with Crippen LogP contribution in [0.5, 0.6) is 5.75 Å². The third-order valence-electron chi connectivity index (χ3n) is 5.34. The largest absolute Gasteiger partial charge is 0.477 e. The van der Waals surface area contributed by atoms with Crippen LogP contribution < -0.4 is 9.64 Å². The van der Waals surface area contributed by atoms with Gasteiger partial charge >= 0.3 is 0 Å². The Kier molecular flexibility index (Phi) is 5.16. The maximum Gasteiger partial charge on any atom is 0.265 e. The van der Waals surface area contributed by atoms with E-state index in [1.165, 1.54) is 12.1 Å². The number of carbonyl (C=O) groups excluding carboxylic acids is 1. The summed E-state index contributed by atoms with van der Waals surface area (Å²) in [6.07, 6.45) is 2.57. The number of rotatable bonds is 3. The first kappa shape index (κ1) is 18.3. The molecule has 0 aromatic heterocycles. The second-order valence-corrected chi connectivity index (χ2v) is 7.26. The maximum absolute atomic E-state index is 14.3. The molecule has 0 unspecified atom stereocenters. The molecule has 0 spiro atoms. The van der Waals surface area contributed by atoms with E-state index in [1.54, 1.807) is 6.07 Å². The number of piperidine rings is 1. The van der Waals surface area contributed by atoms with Gasteiger partial charge in [0.2, 0.25) is 0 Å². The molecule has 1 fully saturated rings. The minimum Gasteiger partial charge on any atom is -0.477 e. The lowest BCUT2D eigenvalue weighted by atomic mass is 10.1. The number of amides is 1. The van der Waals surface area contributed by atoms with Gasteiger partial charge in [0.05, 0.1) is 23.9 Å². The number of para-hydroxylation sites is 2. The van der Waals surface area contributed by atoms with Crippen molar-refractivity contribution in [2.45, 2.75) is 31.9 Å². The SMILES string of the molecule is N#Cc1ccc(F)c(CN2C[C@@H](C(=O)N3CCCCC3)Oc3ccccc32)c1. The topological polar surface area (TPSA) is 56.6 Å². The lowest BCUT2D eigenvalue weighted by molar-refractivity contribution is -0.139. The van der Waals surface area contributed by atoms with Crippen LogP contribution >= 0.6 is 0 Å². The summed E-state index contributed by atoms with van der Waals surface area (Å²) in [5.41, 5.74) is 1.67. The molecular weight excluding hydrogens is 357 g/mol. The fraction of sp³-hybridized carbons (Fsp3) is 0.364. The predicted molar refractivity (Wildman–Crippen MR) is 103 cm³/mol. The van der Waals surface area contributed by atoms with Gasteiger partial charge in [0, 0.05) is 25.2 Å². The summed E-state index contributed by atoms with van der Waals surface area (Å²) < 4.78 is 20.4. The average molecular weight is 379 g/mol. The summed E-state index contributed by atoms with van der Waals surface area (Å²) >= 11 is 0. The lowest BCUT2D eigenvalue weighted by Crippen LogP contribution is -2.51. The molecule has 1 atom stereocenters. The van der Waals surface area contributed by atoms with Crippen LogP contribution in [0, 0.1) is 17.1 Å². The van der Waals surface area contributed by atoms with Gasteiger partial charge < -0.3 is 14.5 Å². The van der Waals surface area contributed by atoms with E-state index >= 15 is 0 Å². The molecule has 1 amide bonds. The second-order valence-electron chi connectivity index (χ2n) is 7.26. The highest BCUT2D eigenvalue weighted by molar-refractivity contribution is 5.83. The van der Waals surface area contributed by atoms with Crippen LogP contribution in [0.15, 0.2) is 42.5 Å². The molecule has 28 heavy (non-hydrogen) atoms. The van der Waals surface area contributed by atoms with E-state index in [4.69, 9.17) is 10.00 Å². The molecule has 4 rings (SSSR count). The van der Waals surface area contributed by atoms with Crippen LogP contribution in [0.2, 0.25) is 0 Å². The molecular formula is C22H22FN3O2. The number of ether oxygens (including phenoxy) is 1. The minimum absolute atomic E-state index is 0.00884. The molecule has 5 nitrogen and oxygen atoms in total. The van der Waals surface area contributed by atoms with Gasteiger partial charge in [-0.15, -0.1) is 0 Å². The number of fused-ring (bicyclic) bond motifs is 1. The summed E-state index contributed by atoms with van der Waals surface area (Å²) in [6.45, 7) is 2.15.